The molecule has 144 valence electrons. The minimum atomic E-state index is -0.341. The molecular weight excluding hydrogens is 359 g/mol. The number of carbonyl (C=O) groups is 1. The molecule has 0 saturated carbocycles. The molecule has 1 N–H and O–H groups in total. The zero-order chi connectivity index (χ0) is 19.9. The maximum Gasteiger partial charge on any atom is 0.251 e. The van der Waals surface area contributed by atoms with Crippen molar-refractivity contribution in [3.05, 3.63) is 89.5 Å². The second-order valence-corrected chi connectivity index (χ2v) is 6.26. The largest absolute Gasteiger partial charge is 0.493 e. The quantitative estimate of drug-likeness (QED) is 0.664. The van der Waals surface area contributed by atoms with Crippen molar-refractivity contribution in [2.24, 2.45) is 0 Å². The van der Waals surface area contributed by atoms with Crippen molar-refractivity contribution in [3.8, 4) is 11.5 Å². The smallest absolute Gasteiger partial charge is 0.251 e. The number of pyridine rings is 1. The molecule has 5 nitrogen and oxygen atoms in total. The summed E-state index contributed by atoms with van der Waals surface area (Å²) in [5, 5.41) is 2.87. The van der Waals surface area contributed by atoms with Gasteiger partial charge in [0, 0.05) is 18.0 Å². The minimum Gasteiger partial charge on any atom is -0.493 e. The SMILES string of the molecule is COc1ccc(C(=O)N[C@H](C)c2cccc(F)c2)cc1OCc1ccncc1. The van der Waals surface area contributed by atoms with Crippen LogP contribution in [0.2, 0.25) is 0 Å². The maximum atomic E-state index is 13.4. The molecule has 1 heterocycles. The summed E-state index contributed by atoms with van der Waals surface area (Å²) in [6.45, 7) is 2.13. The Labute approximate surface area is 163 Å². The van der Waals surface area contributed by atoms with E-state index in [0.717, 1.165) is 5.56 Å². The van der Waals surface area contributed by atoms with Crippen LogP contribution in [0.25, 0.3) is 0 Å². The Morgan fingerprint density at radius 3 is 2.61 bits per heavy atom. The Kier molecular flexibility index (Phi) is 6.22. The van der Waals surface area contributed by atoms with Gasteiger partial charge in [0.15, 0.2) is 11.5 Å². The van der Waals surface area contributed by atoms with Crippen LogP contribution in [-0.2, 0) is 6.61 Å². The van der Waals surface area contributed by atoms with Crippen molar-refractivity contribution in [3.63, 3.8) is 0 Å². The first-order valence-electron chi connectivity index (χ1n) is 8.83. The van der Waals surface area contributed by atoms with E-state index in [0.29, 0.717) is 29.2 Å². The van der Waals surface area contributed by atoms with Crippen molar-refractivity contribution in [1.82, 2.24) is 10.3 Å². The first-order valence-corrected chi connectivity index (χ1v) is 8.83. The second-order valence-electron chi connectivity index (χ2n) is 6.26. The van der Waals surface area contributed by atoms with Gasteiger partial charge in [-0.3, -0.25) is 9.78 Å². The fraction of sp³-hybridized carbons (Fsp3) is 0.182. The molecule has 2 aromatic carbocycles. The van der Waals surface area contributed by atoms with Gasteiger partial charge in [-0.15, -0.1) is 0 Å². The molecule has 1 aromatic heterocycles. The summed E-state index contributed by atoms with van der Waals surface area (Å²) in [6.07, 6.45) is 3.38. The van der Waals surface area contributed by atoms with E-state index >= 15 is 0 Å². The summed E-state index contributed by atoms with van der Waals surface area (Å²) in [6, 6.07) is 14.5. The number of aromatic nitrogens is 1. The van der Waals surface area contributed by atoms with Crippen LogP contribution in [0.15, 0.2) is 67.0 Å². The average Bonchev–Trinajstić information content (AvgIpc) is 2.72. The van der Waals surface area contributed by atoms with E-state index < -0.39 is 0 Å². The summed E-state index contributed by atoms with van der Waals surface area (Å²) in [5.74, 6) is 0.372. The lowest BCUT2D eigenvalue weighted by molar-refractivity contribution is 0.0939. The number of benzene rings is 2. The molecule has 0 unspecified atom stereocenters. The third-order valence-electron chi connectivity index (χ3n) is 4.27. The number of nitrogens with one attached hydrogen (secondary N) is 1. The molecule has 3 rings (SSSR count). The van der Waals surface area contributed by atoms with Crippen LogP contribution in [0, 0.1) is 5.82 Å². The van der Waals surface area contributed by atoms with Crippen molar-refractivity contribution in [1.29, 1.82) is 0 Å². The van der Waals surface area contributed by atoms with Gasteiger partial charge in [-0.05, 0) is 60.5 Å². The standard InChI is InChI=1S/C22H21FN2O3/c1-15(17-4-3-5-19(23)12-17)25-22(26)18-6-7-20(27-2)21(13-18)28-14-16-8-10-24-11-9-16/h3-13,15H,14H2,1-2H3,(H,25,26)/t15-/m1/s1. The topological polar surface area (TPSA) is 60.5 Å². The fourth-order valence-corrected chi connectivity index (χ4v) is 2.71. The van der Waals surface area contributed by atoms with Gasteiger partial charge in [-0.1, -0.05) is 12.1 Å². The zero-order valence-electron chi connectivity index (χ0n) is 15.7. The molecule has 1 amide bonds. The first kappa shape index (κ1) is 19.4. The molecule has 0 saturated heterocycles. The highest BCUT2D eigenvalue weighted by atomic mass is 19.1. The average molecular weight is 380 g/mol. The Morgan fingerprint density at radius 2 is 1.89 bits per heavy atom. The van der Waals surface area contributed by atoms with E-state index in [1.165, 1.54) is 12.1 Å². The van der Waals surface area contributed by atoms with E-state index in [1.807, 2.05) is 12.1 Å². The highest BCUT2D eigenvalue weighted by molar-refractivity contribution is 5.95. The van der Waals surface area contributed by atoms with Gasteiger partial charge in [0.1, 0.15) is 12.4 Å². The van der Waals surface area contributed by atoms with Gasteiger partial charge in [0.05, 0.1) is 13.2 Å². The number of hydrogen-bond acceptors (Lipinski definition) is 4. The lowest BCUT2D eigenvalue weighted by atomic mass is 10.1. The molecule has 0 aliphatic rings. The molecular formula is C22H21FN2O3. The molecule has 0 bridgehead atoms. The molecule has 0 fully saturated rings. The number of methoxy groups -OCH3 is 1. The molecule has 0 spiro atoms. The van der Waals surface area contributed by atoms with Gasteiger partial charge in [0.2, 0.25) is 0 Å². The fourth-order valence-electron chi connectivity index (χ4n) is 2.71. The van der Waals surface area contributed by atoms with Crippen LogP contribution in [0.5, 0.6) is 11.5 Å². The highest BCUT2D eigenvalue weighted by Crippen LogP contribution is 2.29. The molecule has 0 radical (unpaired) electrons. The lowest BCUT2D eigenvalue weighted by Crippen LogP contribution is -2.26. The lowest BCUT2D eigenvalue weighted by Gasteiger charge is -2.16. The normalized spacial score (nSPS) is 11.5. The van der Waals surface area contributed by atoms with E-state index in [1.54, 1.807) is 56.8 Å². The monoisotopic (exact) mass is 380 g/mol. The number of carbonyl (C=O) groups excluding carboxylic acids is 1. The van der Waals surface area contributed by atoms with Crippen LogP contribution < -0.4 is 14.8 Å². The van der Waals surface area contributed by atoms with Crippen LogP contribution in [0.3, 0.4) is 0 Å². The summed E-state index contributed by atoms with van der Waals surface area (Å²) in [4.78, 5) is 16.6. The molecule has 0 aliphatic carbocycles. The van der Waals surface area contributed by atoms with Gasteiger partial charge < -0.3 is 14.8 Å². The van der Waals surface area contributed by atoms with Crippen LogP contribution >= 0.6 is 0 Å². The third-order valence-corrected chi connectivity index (χ3v) is 4.27. The molecule has 1 atom stereocenters. The van der Waals surface area contributed by atoms with E-state index in [-0.39, 0.29) is 17.8 Å². The van der Waals surface area contributed by atoms with Gasteiger partial charge in [0.25, 0.3) is 5.91 Å². The van der Waals surface area contributed by atoms with E-state index in [4.69, 9.17) is 9.47 Å². The summed E-state index contributed by atoms with van der Waals surface area (Å²) in [7, 11) is 1.54. The van der Waals surface area contributed by atoms with Gasteiger partial charge in [-0.25, -0.2) is 4.39 Å². The van der Waals surface area contributed by atoms with Crippen LogP contribution in [0.1, 0.15) is 34.5 Å². The number of ether oxygens (including phenoxy) is 2. The Morgan fingerprint density at radius 1 is 1.11 bits per heavy atom. The molecule has 6 heteroatoms. The van der Waals surface area contributed by atoms with E-state index in [9.17, 15) is 9.18 Å². The van der Waals surface area contributed by atoms with Gasteiger partial charge in [-0.2, -0.15) is 0 Å². The number of nitrogens with zero attached hydrogens (tertiary/aromatic N) is 1. The predicted molar refractivity (Wildman–Crippen MR) is 104 cm³/mol. The Bertz CT molecular complexity index is 948. The van der Waals surface area contributed by atoms with Crippen molar-refractivity contribution in [2.75, 3.05) is 7.11 Å². The third kappa shape index (κ3) is 4.85. The molecule has 28 heavy (non-hydrogen) atoms. The molecule has 3 aromatic rings. The highest BCUT2D eigenvalue weighted by Gasteiger charge is 2.15. The number of amides is 1. The zero-order valence-corrected chi connectivity index (χ0v) is 15.7. The predicted octanol–water partition coefficient (Wildman–Crippen LogP) is 4.30. The van der Waals surface area contributed by atoms with Crippen LogP contribution in [-0.4, -0.2) is 18.0 Å². The van der Waals surface area contributed by atoms with Crippen molar-refractivity contribution >= 4 is 5.91 Å². The molecule has 0 aliphatic heterocycles. The number of rotatable bonds is 7. The minimum absolute atomic E-state index is 0.284. The summed E-state index contributed by atoms with van der Waals surface area (Å²) < 4.78 is 24.6. The van der Waals surface area contributed by atoms with Crippen molar-refractivity contribution < 1.29 is 18.7 Å². The second kappa shape index (κ2) is 8.99. The Hall–Kier alpha value is -3.41. The first-order chi connectivity index (χ1) is 13.6. The maximum absolute atomic E-state index is 13.4. The van der Waals surface area contributed by atoms with E-state index in [2.05, 4.69) is 10.3 Å². The number of halogens is 1. The number of hydrogen-bond donors (Lipinski definition) is 1. The summed E-state index contributed by atoms with van der Waals surface area (Å²) >= 11 is 0. The van der Waals surface area contributed by atoms with Gasteiger partial charge >= 0.3 is 0 Å². The Balaban J connectivity index is 1.73. The van der Waals surface area contributed by atoms with Crippen molar-refractivity contribution in [2.45, 2.75) is 19.6 Å². The summed E-state index contributed by atoms with van der Waals surface area (Å²) in [5.41, 5.74) is 2.07. The van der Waals surface area contributed by atoms with Crippen LogP contribution in [0.4, 0.5) is 4.39 Å².